The van der Waals surface area contributed by atoms with Crippen LogP contribution in [0.15, 0.2) is 78.9 Å². The molecule has 0 saturated carbocycles. The Morgan fingerprint density at radius 2 is 1.44 bits per heavy atom. The van der Waals surface area contributed by atoms with E-state index in [0.717, 1.165) is 22.2 Å². The first-order valence-corrected chi connectivity index (χ1v) is 8.13. The summed E-state index contributed by atoms with van der Waals surface area (Å²) in [5, 5.41) is 10.7. The van der Waals surface area contributed by atoms with Crippen molar-refractivity contribution < 1.29 is 9.84 Å². The van der Waals surface area contributed by atoms with Gasteiger partial charge in [-0.25, -0.2) is 4.98 Å². The minimum atomic E-state index is 0.192. The van der Waals surface area contributed by atoms with E-state index < -0.39 is 0 Å². The van der Waals surface area contributed by atoms with Crippen molar-refractivity contribution in [2.45, 2.75) is 6.92 Å². The van der Waals surface area contributed by atoms with Gasteiger partial charge in [-0.05, 0) is 54.4 Å². The van der Waals surface area contributed by atoms with Crippen molar-refractivity contribution in [3.05, 3.63) is 84.6 Å². The molecule has 0 atom stereocenters. The molecule has 0 amide bonds. The molecular weight excluding hydrogens is 310 g/mol. The molecule has 0 aliphatic carbocycles. The molecule has 3 heteroatoms. The van der Waals surface area contributed by atoms with E-state index in [2.05, 4.69) is 17.1 Å². The van der Waals surface area contributed by atoms with Crippen LogP contribution in [0.1, 0.15) is 5.69 Å². The average Bonchev–Trinajstić information content (AvgIpc) is 2.64. The van der Waals surface area contributed by atoms with Crippen LogP contribution in [0.2, 0.25) is 0 Å². The normalized spacial score (nSPS) is 10.8. The highest BCUT2D eigenvalue weighted by Gasteiger charge is 2.05. The van der Waals surface area contributed by atoms with Crippen LogP contribution in [0, 0.1) is 6.92 Å². The lowest BCUT2D eigenvalue weighted by molar-refractivity contribution is 0.468. The first kappa shape index (κ1) is 15.2. The molecular formula is C22H17NO2. The summed E-state index contributed by atoms with van der Waals surface area (Å²) in [4.78, 5) is 4.36. The molecule has 0 aliphatic heterocycles. The molecule has 1 aromatic heterocycles. The Labute approximate surface area is 146 Å². The molecule has 0 spiro atoms. The summed E-state index contributed by atoms with van der Waals surface area (Å²) in [7, 11) is 0. The van der Waals surface area contributed by atoms with E-state index in [1.807, 2.05) is 60.7 Å². The number of aryl methyl sites for hydroxylation is 1. The van der Waals surface area contributed by atoms with Crippen molar-refractivity contribution in [3.63, 3.8) is 0 Å². The van der Waals surface area contributed by atoms with E-state index in [1.54, 1.807) is 13.0 Å². The Morgan fingerprint density at radius 1 is 0.760 bits per heavy atom. The Kier molecular flexibility index (Phi) is 3.82. The van der Waals surface area contributed by atoms with E-state index in [1.165, 1.54) is 5.56 Å². The van der Waals surface area contributed by atoms with E-state index in [4.69, 9.17) is 4.74 Å². The number of rotatable bonds is 3. The summed E-state index contributed by atoms with van der Waals surface area (Å²) in [6.07, 6.45) is 0. The molecule has 0 unspecified atom stereocenters. The zero-order valence-electron chi connectivity index (χ0n) is 13.8. The molecule has 0 saturated heterocycles. The van der Waals surface area contributed by atoms with Gasteiger partial charge in [-0.3, -0.25) is 0 Å². The predicted octanol–water partition coefficient (Wildman–Crippen LogP) is 5.71. The van der Waals surface area contributed by atoms with Gasteiger partial charge in [-0.15, -0.1) is 0 Å². The van der Waals surface area contributed by atoms with Crippen LogP contribution in [-0.2, 0) is 0 Å². The predicted molar refractivity (Wildman–Crippen MR) is 100 cm³/mol. The van der Waals surface area contributed by atoms with Crippen LogP contribution in [0.25, 0.3) is 22.0 Å². The lowest BCUT2D eigenvalue weighted by atomic mass is 10.1. The van der Waals surface area contributed by atoms with Gasteiger partial charge in [-0.2, -0.15) is 0 Å². The minimum absolute atomic E-state index is 0.192. The Morgan fingerprint density at radius 3 is 2.20 bits per heavy atom. The highest BCUT2D eigenvalue weighted by Crippen LogP contribution is 2.29. The van der Waals surface area contributed by atoms with Crippen molar-refractivity contribution in [1.29, 1.82) is 0 Å². The van der Waals surface area contributed by atoms with Crippen LogP contribution in [0.5, 0.6) is 17.2 Å². The maximum Gasteiger partial charge on any atom is 0.137 e. The van der Waals surface area contributed by atoms with E-state index in [9.17, 15) is 5.11 Å². The fourth-order valence-corrected chi connectivity index (χ4v) is 2.79. The summed E-state index contributed by atoms with van der Waals surface area (Å²) in [5.41, 5.74) is 3.78. The van der Waals surface area contributed by atoms with Gasteiger partial charge in [0.2, 0.25) is 0 Å². The number of hydrogen-bond donors (Lipinski definition) is 1. The molecule has 0 fully saturated rings. The Hall–Kier alpha value is -3.33. The lowest BCUT2D eigenvalue weighted by Crippen LogP contribution is -1.88. The van der Waals surface area contributed by atoms with Crippen molar-refractivity contribution >= 4 is 10.9 Å². The topological polar surface area (TPSA) is 42.4 Å². The molecule has 122 valence electrons. The third-order valence-electron chi connectivity index (χ3n) is 4.15. The van der Waals surface area contributed by atoms with Crippen LogP contribution < -0.4 is 4.74 Å². The molecule has 1 N–H and O–H groups in total. The molecule has 25 heavy (non-hydrogen) atoms. The monoisotopic (exact) mass is 327 g/mol. The number of fused-ring (bicyclic) bond motifs is 1. The number of nitrogens with zero attached hydrogens (tertiary/aromatic N) is 1. The van der Waals surface area contributed by atoms with Crippen molar-refractivity contribution in [2.24, 2.45) is 0 Å². The van der Waals surface area contributed by atoms with Gasteiger partial charge in [0.1, 0.15) is 17.2 Å². The van der Waals surface area contributed by atoms with Crippen LogP contribution in [0.3, 0.4) is 0 Å². The van der Waals surface area contributed by atoms with Crippen molar-refractivity contribution in [3.8, 4) is 28.4 Å². The zero-order valence-corrected chi connectivity index (χ0v) is 13.8. The fraction of sp³-hybridized carbons (Fsp3) is 0.0455. The summed E-state index contributed by atoms with van der Waals surface area (Å²) >= 11 is 0. The number of ether oxygens (including phenoxy) is 1. The Balaban J connectivity index is 1.59. The first-order valence-electron chi connectivity index (χ1n) is 8.13. The Bertz CT molecular complexity index is 1030. The van der Waals surface area contributed by atoms with Crippen molar-refractivity contribution in [1.82, 2.24) is 4.98 Å². The van der Waals surface area contributed by atoms with Gasteiger partial charge in [0.15, 0.2) is 0 Å². The van der Waals surface area contributed by atoms with Gasteiger partial charge >= 0.3 is 0 Å². The first-order chi connectivity index (χ1) is 12.2. The summed E-state index contributed by atoms with van der Waals surface area (Å²) < 4.78 is 5.94. The van der Waals surface area contributed by atoms with Crippen LogP contribution >= 0.6 is 0 Å². The number of hydrogen-bond acceptors (Lipinski definition) is 3. The minimum Gasteiger partial charge on any atom is -0.506 e. The molecule has 1 heterocycles. The van der Waals surface area contributed by atoms with Gasteiger partial charge < -0.3 is 9.84 Å². The summed E-state index contributed by atoms with van der Waals surface area (Å²) in [5.74, 6) is 1.67. The highest BCUT2D eigenvalue weighted by atomic mass is 16.5. The van der Waals surface area contributed by atoms with Gasteiger partial charge in [0, 0.05) is 5.39 Å². The SMILES string of the molecule is Cc1nc2ccc(Oc3ccc(-c4ccccc4)cc3)cc2cc1O. The number of pyridine rings is 1. The van der Waals surface area contributed by atoms with E-state index >= 15 is 0 Å². The number of aromatic nitrogens is 1. The maximum absolute atomic E-state index is 9.83. The quantitative estimate of drug-likeness (QED) is 0.524. The highest BCUT2D eigenvalue weighted by molar-refractivity contribution is 5.82. The number of benzene rings is 3. The van der Waals surface area contributed by atoms with Crippen LogP contribution in [0.4, 0.5) is 0 Å². The molecule has 4 rings (SSSR count). The third kappa shape index (κ3) is 3.17. The second-order valence-electron chi connectivity index (χ2n) is 5.94. The average molecular weight is 327 g/mol. The second-order valence-corrected chi connectivity index (χ2v) is 5.94. The molecule has 3 aromatic carbocycles. The van der Waals surface area contributed by atoms with Gasteiger partial charge in [0.25, 0.3) is 0 Å². The molecule has 4 aromatic rings. The summed E-state index contributed by atoms with van der Waals surface area (Å²) in [6.45, 7) is 1.79. The molecule has 0 aliphatic rings. The maximum atomic E-state index is 9.83. The zero-order chi connectivity index (χ0) is 17.2. The smallest absolute Gasteiger partial charge is 0.137 e. The van der Waals surface area contributed by atoms with Gasteiger partial charge in [-0.1, -0.05) is 42.5 Å². The second kappa shape index (κ2) is 6.29. The number of aromatic hydroxyl groups is 1. The van der Waals surface area contributed by atoms with E-state index in [-0.39, 0.29) is 5.75 Å². The standard InChI is InChI=1S/C22H17NO2/c1-15-22(24)14-18-13-20(11-12-21(18)23-15)25-19-9-7-17(8-10-19)16-5-3-2-4-6-16/h2-14,24H,1H3. The van der Waals surface area contributed by atoms with Crippen molar-refractivity contribution in [2.75, 3.05) is 0 Å². The lowest BCUT2D eigenvalue weighted by Gasteiger charge is -2.09. The third-order valence-corrected chi connectivity index (χ3v) is 4.15. The molecule has 0 bridgehead atoms. The van der Waals surface area contributed by atoms with Gasteiger partial charge in [0.05, 0.1) is 11.2 Å². The molecule has 0 radical (unpaired) electrons. The van der Waals surface area contributed by atoms with Crippen LogP contribution in [-0.4, -0.2) is 10.1 Å². The largest absolute Gasteiger partial charge is 0.506 e. The fourth-order valence-electron chi connectivity index (χ4n) is 2.79. The summed E-state index contributed by atoms with van der Waals surface area (Å²) in [6, 6.07) is 25.6. The molecule has 3 nitrogen and oxygen atoms in total. The van der Waals surface area contributed by atoms with E-state index in [0.29, 0.717) is 11.4 Å².